The van der Waals surface area contributed by atoms with Crippen LogP contribution in [-0.4, -0.2) is 21.0 Å². The Bertz CT molecular complexity index is 598. The second-order valence-electron chi connectivity index (χ2n) is 4.43. The molecule has 0 unspecified atom stereocenters. The highest BCUT2D eigenvalue weighted by molar-refractivity contribution is 7.90. The van der Waals surface area contributed by atoms with Gasteiger partial charge in [-0.2, -0.15) is 13.1 Å². The highest BCUT2D eigenvalue weighted by atomic mass is 32.2. The fraction of sp³-hybridized carbons (Fsp3) is 0.385. The number of benzene rings is 1. The summed E-state index contributed by atoms with van der Waals surface area (Å²) in [7, 11) is -3.59. The van der Waals surface area contributed by atoms with Crippen LogP contribution in [0.25, 0.3) is 0 Å². The van der Waals surface area contributed by atoms with Crippen molar-refractivity contribution in [2.75, 3.05) is 11.3 Å². The first-order valence-corrected chi connectivity index (χ1v) is 7.42. The molecule has 104 valence electrons. The first-order valence-electron chi connectivity index (χ1n) is 5.93. The molecule has 4 N–H and O–H groups in total. The van der Waals surface area contributed by atoms with Crippen LogP contribution in [0.3, 0.4) is 0 Å². The first kappa shape index (κ1) is 15.5. The molecule has 1 rings (SSSR count). The molecule has 0 radical (unpaired) electrons. The average molecular weight is 281 g/mol. The zero-order valence-electron chi connectivity index (χ0n) is 11.3. The molecule has 19 heavy (non-hydrogen) atoms. The molecule has 0 saturated heterocycles. The lowest BCUT2D eigenvalue weighted by molar-refractivity contribution is 0.575. The van der Waals surface area contributed by atoms with Crippen LogP contribution in [0.15, 0.2) is 18.2 Å². The average Bonchev–Trinajstić information content (AvgIpc) is 2.27. The number of nitrogens with one attached hydrogen (secondary N) is 2. The van der Waals surface area contributed by atoms with Crippen molar-refractivity contribution in [3.8, 4) is 11.8 Å². The minimum Gasteiger partial charge on any atom is -0.320 e. The van der Waals surface area contributed by atoms with Gasteiger partial charge in [0.05, 0.1) is 12.2 Å². The topological polar surface area (TPSA) is 84.2 Å². The van der Waals surface area contributed by atoms with Crippen molar-refractivity contribution in [1.29, 1.82) is 0 Å². The van der Waals surface area contributed by atoms with Crippen LogP contribution < -0.4 is 15.2 Å². The maximum Gasteiger partial charge on any atom is 0.299 e. The molecular weight excluding hydrogens is 262 g/mol. The number of rotatable bonds is 4. The molecule has 0 spiro atoms. The summed E-state index contributed by atoms with van der Waals surface area (Å²) in [6, 6.07) is 5.15. The normalized spacial score (nSPS) is 11.0. The molecule has 0 saturated carbocycles. The molecule has 0 atom stereocenters. The van der Waals surface area contributed by atoms with E-state index in [2.05, 4.69) is 21.3 Å². The van der Waals surface area contributed by atoms with E-state index in [-0.39, 0.29) is 12.6 Å². The predicted octanol–water partition coefficient (Wildman–Crippen LogP) is 0.960. The van der Waals surface area contributed by atoms with Crippen LogP contribution >= 0.6 is 0 Å². The van der Waals surface area contributed by atoms with Crippen LogP contribution in [-0.2, 0) is 10.2 Å². The number of hydrogen-bond acceptors (Lipinski definition) is 3. The molecule has 0 aliphatic carbocycles. The van der Waals surface area contributed by atoms with Gasteiger partial charge in [-0.3, -0.25) is 4.72 Å². The summed E-state index contributed by atoms with van der Waals surface area (Å²) < 4.78 is 28.6. The Labute approximate surface area is 114 Å². The fourth-order valence-electron chi connectivity index (χ4n) is 1.48. The van der Waals surface area contributed by atoms with Crippen LogP contribution in [0.4, 0.5) is 5.69 Å². The van der Waals surface area contributed by atoms with E-state index in [4.69, 9.17) is 5.73 Å². The molecule has 0 aliphatic rings. The lowest BCUT2D eigenvalue weighted by Gasteiger charge is -2.13. The van der Waals surface area contributed by atoms with E-state index in [1.54, 1.807) is 19.9 Å². The third kappa shape index (κ3) is 5.30. The van der Waals surface area contributed by atoms with Gasteiger partial charge in [0, 0.05) is 11.6 Å². The maximum atomic E-state index is 11.8. The minimum absolute atomic E-state index is 0.179. The van der Waals surface area contributed by atoms with Crippen LogP contribution in [0.5, 0.6) is 0 Å². The van der Waals surface area contributed by atoms with Gasteiger partial charge in [-0.1, -0.05) is 17.9 Å². The van der Waals surface area contributed by atoms with E-state index in [0.29, 0.717) is 11.3 Å². The van der Waals surface area contributed by atoms with Gasteiger partial charge in [0.15, 0.2) is 0 Å². The van der Waals surface area contributed by atoms with Crippen molar-refractivity contribution in [2.45, 2.75) is 26.8 Å². The molecule has 0 heterocycles. The number of nitrogens with two attached hydrogens (primary N) is 1. The molecule has 0 bridgehead atoms. The molecule has 6 heteroatoms. The zero-order valence-corrected chi connectivity index (χ0v) is 12.1. The summed E-state index contributed by atoms with van der Waals surface area (Å²) in [6.07, 6.45) is 0. The summed E-state index contributed by atoms with van der Waals surface area (Å²) >= 11 is 0. The van der Waals surface area contributed by atoms with Gasteiger partial charge in [-0.05, 0) is 38.5 Å². The van der Waals surface area contributed by atoms with E-state index in [0.717, 1.165) is 5.56 Å². The Morgan fingerprint density at radius 3 is 2.63 bits per heavy atom. The Balaban J connectivity index is 3.07. The summed E-state index contributed by atoms with van der Waals surface area (Å²) in [5, 5.41) is 0. The molecule has 5 nitrogen and oxygen atoms in total. The van der Waals surface area contributed by atoms with E-state index in [1.807, 2.05) is 19.1 Å². The van der Waals surface area contributed by atoms with Gasteiger partial charge < -0.3 is 5.73 Å². The Kier molecular flexibility index (Phi) is 5.36. The first-order chi connectivity index (χ1) is 8.84. The van der Waals surface area contributed by atoms with Gasteiger partial charge in [0.2, 0.25) is 0 Å². The van der Waals surface area contributed by atoms with Crippen molar-refractivity contribution >= 4 is 15.9 Å². The monoisotopic (exact) mass is 281 g/mol. The fourth-order valence-corrected chi connectivity index (χ4v) is 2.63. The quantitative estimate of drug-likeness (QED) is 0.719. The van der Waals surface area contributed by atoms with Crippen LogP contribution in [0.1, 0.15) is 25.0 Å². The summed E-state index contributed by atoms with van der Waals surface area (Å²) in [4.78, 5) is 0. The highest BCUT2D eigenvalue weighted by Crippen LogP contribution is 2.17. The number of anilines is 1. The molecule has 0 amide bonds. The van der Waals surface area contributed by atoms with E-state index in [9.17, 15) is 8.42 Å². The van der Waals surface area contributed by atoms with E-state index < -0.39 is 10.2 Å². The SMILES string of the molecule is Cc1ccc(NS(=O)(=O)NC(C)C)c(C#CCN)c1. The second-order valence-corrected chi connectivity index (χ2v) is 5.88. The van der Waals surface area contributed by atoms with Gasteiger partial charge in [0.25, 0.3) is 10.2 Å². The molecule has 1 aromatic carbocycles. The second kappa shape index (κ2) is 6.57. The molecular formula is C13H19N3O2S. The Morgan fingerprint density at radius 2 is 2.05 bits per heavy atom. The lowest BCUT2D eigenvalue weighted by Crippen LogP contribution is -2.35. The van der Waals surface area contributed by atoms with Gasteiger partial charge in [-0.25, -0.2) is 0 Å². The standard InChI is InChI=1S/C13H19N3O2S/c1-10(2)15-19(17,18)16-13-7-6-11(3)9-12(13)5-4-8-14/h6-7,9-10,15-16H,8,14H2,1-3H3. The zero-order chi connectivity index (χ0) is 14.5. The van der Waals surface area contributed by atoms with Gasteiger partial charge in [0.1, 0.15) is 0 Å². The molecule has 0 aliphatic heterocycles. The van der Waals surface area contributed by atoms with Crippen molar-refractivity contribution < 1.29 is 8.42 Å². The molecule has 0 fully saturated rings. The summed E-state index contributed by atoms with van der Waals surface area (Å²) in [5.74, 6) is 5.58. The van der Waals surface area contributed by atoms with Crippen molar-refractivity contribution in [1.82, 2.24) is 4.72 Å². The van der Waals surface area contributed by atoms with E-state index >= 15 is 0 Å². The van der Waals surface area contributed by atoms with E-state index in [1.165, 1.54) is 0 Å². The summed E-state index contributed by atoms with van der Waals surface area (Å²) in [6.45, 7) is 5.65. The lowest BCUT2D eigenvalue weighted by atomic mass is 10.1. The van der Waals surface area contributed by atoms with Crippen LogP contribution in [0.2, 0.25) is 0 Å². The largest absolute Gasteiger partial charge is 0.320 e. The van der Waals surface area contributed by atoms with Crippen molar-refractivity contribution in [3.63, 3.8) is 0 Å². The Hall–Kier alpha value is -1.55. The van der Waals surface area contributed by atoms with Gasteiger partial charge in [-0.15, -0.1) is 0 Å². The molecule has 1 aromatic rings. The Morgan fingerprint density at radius 1 is 1.37 bits per heavy atom. The molecule has 0 aromatic heterocycles. The number of aryl methyl sites for hydroxylation is 1. The van der Waals surface area contributed by atoms with Crippen LogP contribution in [0, 0.1) is 18.8 Å². The third-order valence-electron chi connectivity index (χ3n) is 2.14. The smallest absolute Gasteiger partial charge is 0.299 e. The number of hydrogen-bond donors (Lipinski definition) is 3. The van der Waals surface area contributed by atoms with Crippen molar-refractivity contribution in [2.24, 2.45) is 5.73 Å². The predicted molar refractivity (Wildman–Crippen MR) is 77.9 cm³/mol. The van der Waals surface area contributed by atoms with Gasteiger partial charge >= 0.3 is 0 Å². The third-order valence-corrected chi connectivity index (χ3v) is 3.41. The minimum atomic E-state index is -3.59. The van der Waals surface area contributed by atoms with Crippen molar-refractivity contribution in [3.05, 3.63) is 29.3 Å². The highest BCUT2D eigenvalue weighted by Gasteiger charge is 2.13. The summed E-state index contributed by atoms with van der Waals surface area (Å²) in [5.41, 5.74) is 7.39. The maximum absolute atomic E-state index is 11.8.